The Bertz CT molecular complexity index is 182. The van der Waals surface area contributed by atoms with E-state index in [-0.39, 0.29) is 0 Å². The van der Waals surface area contributed by atoms with Gasteiger partial charge in [0.15, 0.2) is 0 Å². The van der Waals surface area contributed by atoms with Crippen LogP contribution in [0.5, 0.6) is 0 Å². The number of fused-ring (bicyclic) bond motifs is 1. The lowest BCUT2D eigenvalue weighted by Gasteiger charge is -2.25. The van der Waals surface area contributed by atoms with Gasteiger partial charge in [-0.05, 0) is 33.1 Å². The molecule has 3 unspecified atom stereocenters. The Balaban J connectivity index is 1.82. The van der Waals surface area contributed by atoms with Gasteiger partial charge in [0, 0.05) is 18.8 Å². The van der Waals surface area contributed by atoms with Crippen molar-refractivity contribution in [2.24, 2.45) is 0 Å². The topological polar surface area (TPSA) is 31.0 Å². The van der Waals surface area contributed by atoms with Crippen molar-refractivity contribution in [3.63, 3.8) is 0 Å². The summed E-state index contributed by atoms with van der Waals surface area (Å²) >= 11 is 0. The molecular formula is C10H20O3Si. The zero-order valence-corrected chi connectivity index (χ0v) is 10.2. The van der Waals surface area contributed by atoms with Crippen LogP contribution in [0, 0.1) is 0 Å². The van der Waals surface area contributed by atoms with E-state index in [1.165, 1.54) is 19.3 Å². The van der Waals surface area contributed by atoms with Crippen molar-refractivity contribution < 1.29 is 13.6 Å². The molecule has 82 valence electrons. The summed E-state index contributed by atoms with van der Waals surface area (Å²) in [6.45, 7) is 5.70. The predicted octanol–water partition coefficient (Wildman–Crippen LogP) is 1.60. The summed E-state index contributed by atoms with van der Waals surface area (Å²) in [4.78, 5) is 0. The molecule has 3 atom stereocenters. The third kappa shape index (κ3) is 2.37. The predicted molar refractivity (Wildman–Crippen MR) is 56.7 cm³/mol. The summed E-state index contributed by atoms with van der Waals surface area (Å²) in [5.41, 5.74) is 0.679. The van der Waals surface area contributed by atoms with Crippen molar-refractivity contribution in [1.29, 1.82) is 0 Å². The minimum absolute atomic E-state index is 0.546. The van der Waals surface area contributed by atoms with Crippen LogP contribution >= 0.6 is 0 Å². The van der Waals surface area contributed by atoms with Crippen molar-refractivity contribution in [3.8, 4) is 0 Å². The third-order valence-corrected chi connectivity index (χ3v) is 5.79. The van der Waals surface area contributed by atoms with Crippen LogP contribution in [0.15, 0.2) is 0 Å². The molecule has 2 fully saturated rings. The molecule has 0 N–H and O–H groups in total. The zero-order valence-electron chi connectivity index (χ0n) is 9.07. The molecule has 0 amide bonds. The lowest BCUT2D eigenvalue weighted by Crippen LogP contribution is -2.32. The van der Waals surface area contributed by atoms with Crippen molar-refractivity contribution >= 4 is 9.28 Å². The first-order valence-electron chi connectivity index (χ1n) is 5.73. The molecule has 0 radical (unpaired) electrons. The molecule has 2 aliphatic rings. The van der Waals surface area contributed by atoms with Crippen LogP contribution in [0.25, 0.3) is 0 Å². The lowest BCUT2D eigenvalue weighted by molar-refractivity contribution is 0.197. The smallest absolute Gasteiger partial charge is 0.324 e. The highest BCUT2D eigenvalue weighted by molar-refractivity contribution is 6.46. The van der Waals surface area contributed by atoms with E-state index < -0.39 is 9.28 Å². The van der Waals surface area contributed by atoms with Crippen LogP contribution < -0.4 is 0 Å². The van der Waals surface area contributed by atoms with Crippen LogP contribution in [-0.2, 0) is 13.6 Å². The average Bonchev–Trinajstić information content (AvgIpc) is 2.95. The number of hydrogen-bond acceptors (Lipinski definition) is 3. The van der Waals surface area contributed by atoms with Gasteiger partial charge in [-0.1, -0.05) is 0 Å². The highest BCUT2D eigenvalue weighted by atomic mass is 28.3. The largest absolute Gasteiger partial charge is 0.397 e. The van der Waals surface area contributed by atoms with Crippen LogP contribution in [0.3, 0.4) is 0 Å². The number of ether oxygens (including phenoxy) is 1. The third-order valence-electron chi connectivity index (χ3n) is 3.09. The van der Waals surface area contributed by atoms with Gasteiger partial charge in [-0.15, -0.1) is 0 Å². The standard InChI is InChI=1S/C10H20O3Si/c1-3-11-14(12-4-2)8-5-6-9-10(7-8)13-9/h8-10,14H,3-7H2,1-2H3. The van der Waals surface area contributed by atoms with Crippen molar-refractivity contribution in [3.05, 3.63) is 0 Å². The van der Waals surface area contributed by atoms with Gasteiger partial charge in [0.1, 0.15) is 0 Å². The molecule has 1 saturated carbocycles. The SMILES string of the molecule is CCO[SiH](OCC)C1CCC2OC2C1. The minimum Gasteiger partial charge on any atom is -0.397 e. The Morgan fingerprint density at radius 1 is 1.14 bits per heavy atom. The van der Waals surface area contributed by atoms with E-state index >= 15 is 0 Å². The fourth-order valence-corrected chi connectivity index (χ4v) is 4.58. The van der Waals surface area contributed by atoms with Gasteiger partial charge in [-0.2, -0.15) is 0 Å². The number of epoxide rings is 1. The second-order valence-corrected chi connectivity index (χ2v) is 6.41. The summed E-state index contributed by atoms with van der Waals surface area (Å²) in [5, 5.41) is 0. The first-order valence-corrected chi connectivity index (χ1v) is 7.34. The Hall–Kier alpha value is 0.0969. The van der Waals surface area contributed by atoms with Crippen molar-refractivity contribution in [2.75, 3.05) is 13.2 Å². The first kappa shape index (κ1) is 10.6. The number of rotatable bonds is 5. The molecular weight excluding hydrogens is 196 g/mol. The highest BCUT2D eigenvalue weighted by Crippen LogP contribution is 2.43. The Morgan fingerprint density at radius 3 is 2.43 bits per heavy atom. The quantitative estimate of drug-likeness (QED) is 0.517. The second kappa shape index (κ2) is 4.75. The van der Waals surface area contributed by atoms with E-state index in [9.17, 15) is 0 Å². The fraction of sp³-hybridized carbons (Fsp3) is 1.00. The maximum atomic E-state index is 5.75. The molecule has 0 aromatic carbocycles. The van der Waals surface area contributed by atoms with Crippen LogP contribution in [-0.4, -0.2) is 34.7 Å². The van der Waals surface area contributed by atoms with E-state index in [0.29, 0.717) is 17.7 Å². The molecule has 0 aromatic heterocycles. The molecule has 0 bridgehead atoms. The molecule has 2 rings (SSSR count). The maximum absolute atomic E-state index is 5.75. The molecule has 1 heterocycles. The molecule has 3 nitrogen and oxygen atoms in total. The summed E-state index contributed by atoms with van der Waals surface area (Å²) in [5.74, 6) is 0. The monoisotopic (exact) mass is 216 g/mol. The van der Waals surface area contributed by atoms with Gasteiger partial charge in [0.25, 0.3) is 0 Å². The maximum Gasteiger partial charge on any atom is 0.324 e. The fourth-order valence-electron chi connectivity index (χ4n) is 2.33. The highest BCUT2D eigenvalue weighted by Gasteiger charge is 2.46. The van der Waals surface area contributed by atoms with E-state index in [0.717, 1.165) is 13.2 Å². The normalized spacial score (nSPS) is 35.8. The van der Waals surface area contributed by atoms with Crippen LogP contribution in [0.1, 0.15) is 33.1 Å². The van der Waals surface area contributed by atoms with Gasteiger partial charge in [0.05, 0.1) is 12.2 Å². The molecule has 0 spiro atoms. The number of hydrogen-bond donors (Lipinski definition) is 0. The van der Waals surface area contributed by atoms with Crippen LogP contribution in [0.2, 0.25) is 5.54 Å². The Labute approximate surface area is 87.6 Å². The summed E-state index contributed by atoms with van der Waals surface area (Å²) in [6.07, 6.45) is 4.78. The minimum atomic E-state index is -1.41. The average molecular weight is 216 g/mol. The summed E-state index contributed by atoms with van der Waals surface area (Å²) in [6, 6.07) is 0. The Kier molecular flexibility index (Phi) is 3.60. The Morgan fingerprint density at radius 2 is 1.86 bits per heavy atom. The van der Waals surface area contributed by atoms with Crippen molar-refractivity contribution in [2.45, 2.75) is 50.9 Å². The van der Waals surface area contributed by atoms with Gasteiger partial charge >= 0.3 is 9.28 Å². The zero-order chi connectivity index (χ0) is 9.97. The molecule has 1 aliphatic carbocycles. The second-order valence-electron chi connectivity index (χ2n) is 4.07. The lowest BCUT2D eigenvalue weighted by atomic mass is 10.0. The van der Waals surface area contributed by atoms with Gasteiger partial charge in [-0.25, -0.2) is 0 Å². The van der Waals surface area contributed by atoms with Gasteiger partial charge in [0.2, 0.25) is 0 Å². The van der Waals surface area contributed by atoms with E-state index in [4.69, 9.17) is 13.6 Å². The van der Waals surface area contributed by atoms with E-state index in [2.05, 4.69) is 13.8 Å². The molecule has 1 aliphatic heterocycles. The summed E-state index contributed by atoms with van der Waals surface area (Å²) < 4.78 is 17.0. The van der Waals surface area contributed by atoms with Crippen molar-refractivity contribution in [1.82, 2.24) is 0 Å². The molecule has 1 saturated heterocycles. The molecule has 4 heteroatoms. The van der Waals surface area contributed by atoms with Gasteiger partial charge < -0.3 is 13.6 Å². The van der Waals surface area contributed by atoms with E-state index in [1.807, 2.05) is 0 Å². The van der Waals surface area contributed by atoms with E-state index in [1.54, 1.807) is 0 Å². The molecule has 14 heavy (non-hydrogen) atoms. The summed E-state index contributed by atoms with van der Waals surface area (Å²) in [7, 11) is -1.41. The first-order chi connectivity index (χ1) is 6.85. The van der Waals surface area contributed by atoms with Gasteiger partial charge in [-0.3, -0.25) is 0 Å². The molecule has 0 aromatic rings. The van der Waals surface area contributed by atoms with Crippen LogP contribution in [0.4, 0.5) is 0 Å².